The molecule has 6 atom stereocenters. The second kappa shape index (κ2) is 17.3. The highest BCUT2D eigenvalue weighted by molar-refractivity contribution is 5.97. The van der Waals surface area contributed by atoms with Gasteiger partial charge in [-0.2, -0.15) is 0 Å². The van der Waals surface area contributed by atoms with Crippen LogP contribution in [0.25, 0.3) is 0 Å². The van der Waals surface area contributed by atoms with Crippen LogP contribution in [-0.4, -0.2) is 57.5 Å². The van der Waals surface area contributed by atoms with Crippen LogP contribution < -0.4 is 11.1 Å². The summed E-state index contributed by atoms with van der Waals surface area (Å²) in [6.45, 7) is 10.7. The first-order valence-corrected chi connectivity index (χ1v) is 20.5. The summed E-state index contributed by atoms with van der Waals surface area (Å²) in [6.07, 6.45) is 16.2. The molecule has 6 N–H and O–H groups in total. The van der Waals surface area contributed by atoms with Crippen LogP contribution in [0.5, 0.6) is 0 Å². The second-order valence-electron chi connectivity index (χ2n) is 17.3. The number of carbonyl (C=O) groups excluding carboxylic acids is 2. The van der Waals surface area contributed by atoms with Gasteiger partial charge in [0.05, 0.1) is 30.3 Å². The number of benzene rings is 1. The number of aliphatic hydroxyl groups excluding tert-OH is 1. The lowest BCUT2D eigenvalue weighted by Gasteiger charge is -2.56. The van der Waals surface area contributed by atoms with E-state index in [1.54, 1.807) is 0 Å². The zero-order valence-electron chi connectivity index (χ0n) is 33.2. The van der Waals surface area contributed by atoms with Crippen LogP contribution in [0.4, 0.5) is 0 Å². The number of Topliss-reactive ketones (excluding diaryl/α,β-unsaturated/α-hetero) is 1. The molecule has 8 heteroatoms. The Morgan fingerprint density at radius 3 is 2.69 bits per heavy atom. The molecule has 6 unspecified atom stereocenters. The number of aliphatic hydroxyl groups is 3. The van der Waals surface area contributed by atoms with Crippen LogP contribution in [0, 0.1) is 29.1 Å². The maximum atomic E-state index is 14.4. The van der Waals surface area contributed by atoms with E-state index in [0.717, 1.165) is 71.9 Å². The molecule has 1 aromatic carbocycles. The first-order chi connectivity index (χ1) is 26.2. The van der Waals surface area contributed by atoms with Crippen molar-refractivity contribution in [2.75, 3.05) is 13.2 Å². The van der Waals surface area contributed by atoms with E-state index >= 15 is 0 Å². The van der Waals surface area contributed by atoms with Gasteiger partial charge < -0.3 is 31.1 Å². The molecule has 2 heterocycles. The van der Waals surface area contributed by atoms with Crippen LogP contribution in [0.2, 0.25) is 0 Å². The Labute approximate surface area is 328 Å². The average Bonchev–Trinajstić information content (AvgIpc) is 3.73. The molecule has 0 aromatic heterocycles. The van der Waals surface area contributed by atoms with Gasteiger partial charge in [0.15, 0.2) is 5.78 Å². The lowest BCUT2D eigenvalue weighted by Crippen LogP contribution is -2.59. The van der Waals surface area contributed by atoms with Crippen molar-refractivity contribution in [2.45, 2.75) is 141 Å². The maximum absolute atomic E-state index is 14.4. The number of nitrogens with two attached hydrogens (primary N) is 1. The number of fused-ring (bicyclic) bond motifs is 1. The highest BCUT2D eigenvalue weighted by atomic mass is 16.5. The highest BCUT2D eigenvalue weighted by Crippen LogP contribution is 2.63. The Kier molecular flexibility index (Phi) is 12.9. The van der Waals surface area contributed by atoms with Crippen molar-refractivity contribution in [3.8, 4) is 11.8 Å². The van der Waals surface area contributed by atoms with Gasteiger partial charge in [-0.05, 0) is 119 Å². The fourth-order valence-corrected chi connectivity index (χ4v) is 10.5. The largest absolute Gasteiger partial charge is 0.392 e. The van der Waals surface area contributed by atoms with Gasteiger partial charge in [-0.1, -0.05) is 90.5 Å². The van der Waals surface area contributed by atoms with Crippen molar-refractivity contribution in [3.63, 3.8) is 0 Å². The molecule has 1 spiro atoms. The zero-order valence-corrected chi connectivity index (χ0v) is 33.2. The van der Waals surface area contributed by atoms with Gasteiger partial charge in [-0.3, -0.25) is 9.59 Å². The average molecular weight is 751 g/mol. The van der Waals surface area contributed by atoms with E-state index in [2.05, 4.69) is 36.7 Å². The number of hydrogen-bond donors (Lipinski definition) is 5. The third kappa shape index (κ3) is 8.87. The normalized spacial score (nSPS) is 32.3. The van der Waals surface area contributed by atoms with Gasteiger partial charge in [0.25, 0.3) is 0 Å². The molecule has 55 heavy (non-hydrogen) atoms. The number of amides is 1. The molecule has 1 aromatic rings. The predicted molar refractivity (Wildman–Crippen MR) is 216 cm³/mol. The van der Waals surface area contributed by atoms with Gasteiger partial charge in [-0.25, -0.2) is 0 Å². The molecule has 5 aliphatic rings. The van der Waals surface area contributed by atoms with Gasteiger partial charge in [0.1, 0.15) is 12.8 Å². The quantitative estimate of drug-likeness (QED) is 0.116. The Morgan fingerprint density at radius 1 is 1.13 bits per heavy atom. The summed E-state index contributed by atoms with van der Waals surface area (Å²) in [6, 6.07) is 5.69. The molecular weight excluding hydrogens is 689 g/mol. The summed E-state index contributed by atoms with van der Waals surface area (Å²) in [4.78, 5) is 26.8. The van der Waals surface area contributed by atoms with E-state index in [9.17, 15) is 24.9 Å². The number of hydrogen-bond acceptors (Lipinski definition) is 7. The van der Waals surface area contributed by atoms with Crippen LogP contribution >= 0.6 is 0 Å². The van der Waals surface area contributed by atoms with E-state index in [1.165, 1.54) is 5.57 Å². The summed E-state index contributed by atoms with van der Waals surface area (Å²) in [5.41, 5.74) is 10.5. The van der Waals surface area contributed by atoms with Crippen molar-refractivity contribution in [1.29, 1.82) is 0 Å². The number of nitrogens with one attached hydrogen (secondary N) is 1. The van der Waals surface area contributed by atoms with Gasteiger partial charge in [0, 0.05) is 24.2 Å². The number of ether oxygens (including phenoxy) is 1. The molecular formula is C47H62N2O6. The predicted octanol–water partition coefficient (Wildman–Crippen LogP) is 6.94. The second-order valence-corrected chi connectivity index (χ2v) is 17.3. The van der Waals surface area contributed by atoms with Crippen molar-refractivity contribution < 1.29 is 29.6 Å². The minimum absolute atomic E-state index is 0.0388. The number of carbonyl (C=O) groups is 2. The van der Waals surface area contributed by atoms with E-state index in [4.69, 9.17) is 10.5 Å². The first kappa shape index (κ1) is 41.1. The van der Waals surface area contributed by atoms with Crippen molar-refractivity contribution in [2.24, 2.45) is 23.0 Å². The summed E-state index contributed by atoms with van der Waals surface area (Å²) < 4.78 is 6.12. The topological polar surface area (TPSA) is 142 Å². The van der Waals surface area contributed by atoms with Crippen LogP contribution in [0.3, 0.4) is 0 Å². The van der Waals surface area contributed by atoms with E-state index in [1.807, 2.05) is 50.3 Å². The Morgan fingerprint density at radius 2 is 1.91 bits per heavy atom. The van der Waals surface area contributed by atoms with E-state index < -0.39 is 28.9 Å². The first-order valence-electron chi connectivity index (χ1n) is 20.5. The van der Waals surface area contributed by atoms with Crippen molar-refractivity contribution in [1.82, 2.24) is 5.32 Å². The van der Waals surface area contributed by atoms with Gasteiger partial charge >= 0.3 is 0 Å². The number of allylic oxidation sites excluding steroid dienone is 8. The standard InChI is InChI=1S/C47H62N2O6/c1-31-12-5-8-27-55-30-35(17-10-15-32(2)14-9-13-31)37-20-26-47(43(37)52)40(21-25-46(54)22-6-7-23-46)36(19-24-45(47,4)53)33(3)41(50)28-34-16-11-18-38-39(34)29-42(51)49-44(38)48/h10-11,13,15-18,37,40,43-44,52-54H,2,6-7,9,12,14,19-30,48H2,1,3-4H3,(H,49,51). The molecule has 3 aliphatic carbocycles. The summed E-state index contributed by atoms with van der Waals surface area (Å²) >= 11 is 0. The molecule has 2 aliphatic heterocycles. The van der Waals surface area contributed by atoms with Crippen LogP contribution in [-0.2, 0) is 27.2 Å². The molecule has 1 amide bonds. The molecule has 296 valence electrons. The zero-order chi connectivity index (χ0) is 39.4. The van der Waals surface area contributed by atoms with E-state index in [0.29, 0.717) is 57.1 Å². The fourth-order valence-electron chi connectivity index (χ4n) is 10.5. The lowest BCUT2D eigenvalue weighted by atomic mass is 9.52. The number of rotatable bonds is 7. The lowest BCUT2D eigenvalue weighted by molar-refractivity contribution is -0.169. The molecule has 0 saturated heterocycles. The molecule has 3 saturated carbocycles. The molecule has 6 rings (SSSR count). The summed E-state index contributed by atoms with van der Waals surface area (Å²) in [5.74, 6) is 5.55. The minimum atomic E-state index is -1.22. The SMILES string of the molecule is C=C1C=CC=C(C2CCC3(C(CCC4(O)CCCC4)C(=C(C)C(=O)Cc4cccc5c4CC(=O)NC5N)CCC3(C)O)C2O)COCC#CCC(C)=CCC1. The Balaban J connectivity index is 1.35. The third-order valence-electron chi connectivity index (χ3n) is 13.7. The van der Waals surface area contributed by atoms with Crippen LogP contribution in [0.1, 0.15) is 127 Å². The molecule has 0 radical (unpaired) electrons. The highest BCUT2D eigenvalue weighted by Gasteiger charge is 2.64. The minimum Gasteiger partial charge on any atom is -0.392 e. The molecule has 3 fully saturated rings. The molecule has 0 bridgehead atoms. The maximum Gasteiger partial charge on any atom is 0.225 e. The fraction of sp³-hybridized carbons (Fsp3) is 0.574. The van der Waals surface area contributed by atoms with Crippen LogP contribution in [0.15, 0.2) is 76.9 Å². The summed E-state index contributed by atoms with van der Waals surface area (Å²) in [5, 5.41) is 39.7. The van der Waals surface area contributed by atoms with E-state index in [-0.39, 0.29) is 43.0 Å². The Hall–Kier alpha value is -3.58. The Bertz CT molecular complexity index is 1830. The smallest absolute Gasteiger partial charge is 0.225 e. The monoisotopic (exact) mass is 750 g/mol. The van der Waals surface area contributed by atoms with Gasteiger partial charge in [0.2, 0.25) is 5.91 Å². The number of ketones is 1. The van der Waals surface area contributed by atoms with Gasteiger partial charge in [-0.15, -0.1) is 0 Å². The third-order valence-corrected chi connectivity index (χ3v) is 13.7. The van der Waals surface area contributed by atoms with Crippen molar-refractivity contribution in [3.05, 3.63) is 93.6 Å². The molecule has 8 nitrogen and oxygen atoms in total. The summed E-state index contributed by atoms with van der Waals surface area (Å²) in [7, 11) is 0. The van der Waals surface area contributed by atoms with Crippen molar-refractivity contribution >= 4 is 11.7 Å².